The Morgan fingerprint density at radius 1 is 1.38 bits per heavy atom. The number of para-hydroxylation sites is 1. The molecular formula is C15H20N4O2. The van der Waals surface area contributed by atoms with Crippen LogP contribution in [0.4, 0.5) is 5.69 Å². The van der Waals surface area contributed by atoms with E-state index < -0.39 is 0 Å². The molecule has 1 aromatic heterocycles. The molecule has 2 aromatic rings. The fraction of sp³-hybridized carbons (Fsp3) is 0.467. The van der Waals surface area contributed by atoms with Crippen LogP contribution in [0.15, 0.2) is 22.6 Å². The van der Waals surface area contributed by atoms with Gasteiger partial charge >= 0.3 is 0 Å². The summed E-state index contributed by atoms with van der Waals surface area (Å²) in [6.07, 6.45) is 4.58. The van der Waals surface area contributed by atoms with Crippen molar-refractivity contribution in [3.05, 3.63) is 24.1 Å². The summed E-state index contributed by atoms with van der Waals surface area (Å²) >= 11 is 0. The molecule has 3 rings (SSSR count). The maximum atomic E-state index is 11.3. The molecule has 1 aliphatic rings. The van der Waals surface area contributed by atoms with Gasteiger partial charge in [0.2, 0.25) is 11.8 Å². The Balaban J connectivity index is 1.82. The monoisotopic (exact) mass is 288 g/mol. The van der Waals surface area contributed by atoms with Gasteiger partial charge in [-0.3, -0.25) is 9.69 Å². The third-order valence-corrected chi connectivity index (χ3v) is 4.03. The summed E-state index contributed by atoms with van der Waals surface area (Å²) in [5, 5.41) is 0. The fourth-order valence-electron chi connectivity index (χ4n) is 3.04. The van der Waals surface area contributed by atoms with Gasteiger partial charge in [-0.2, -0.15) is 0 Å². The molecule has 1 heterocycles. The number of amides is 1. The van der Waals surface area contributed by atoms with Crippen molar-refractivity contribution in [2.24, 2.45) is 5.73 Å². The highest BCUT2D eigenvalue weighted by molar-refractivity contribution is 5.85. The zero-order chi connectivity index (χ0) is 14.8. The Morgan fingerprint density at radius 2 is 2.14 bits per heavy atom. The highest BCUT2D eigenvalue weighted by Gasteiger charge is 2.25. The minimum absolute atomic E-state index is 0.235. The number of aromatic nitrogens is 1. The van der Waals surface area contributed by atoms with E-state index in [9.17, 15) is 4.79 Å². The third-order valence-electron chi connectivity index (χ3n) is 4.03. The lowest BCUT2D eigenvalue weighted by molar-refractivity contribution is -0.119. The number of nitrogens with two attached hydrogens (primary N) is 2. The van der Waals surface area contributed by atoms with E-state index >= 15 is 0 Å². The van der Waals surface area contributed by atoms with Crippen molar-refractivity contribution >= 4 is 22.7 Å². The van der Waals surface area contributed by atoms with Crippen LogP contribution < -0.4 is 11.5 Å². The second kappa shape index (κ2) is 5.73. The fourth-order valence-corrected chi connectivity index (χ4v) is 3.04. The second-order valence-corrected chi connectivity index (χ2v) is 5.61. The predicted molar refractivity (Wildman–Crippen MR) is 80.3 cm³/mol. The number of carbonyl (C=O) groups is 1. The van der Waals surface area contributed by atoms with Gasteiger partial charge in [0, 0.05) is 6.04 Å². The van der Waals surface area contributed by atoms with E-state index in [1.807, 2.05) is 12.1 Å². The molecule has 1 aromatic carbocycles. The van der Waals surface area contributed by atoms with Gasteiger partial charge in [-0.1, -0.05) is 18.9 Å². The molecule has 1 saturated carbocycles. The van der Waals surface area contributed by atoms with Crippen molar-refractivity contribution in [2.75, 3.05) is 12.3 Å². The Morgan fingerprint density at radius 3 is 2.81 bits per heavy atom. The van der Waals surface area contributed by atoms with Gasteiger partial charge in [0.15, 0.2) is 5.58 Å². The average Bonchev–Trinajstić information content (AvgIpc) is 3.06. The molecule has 1 fully saturated rings. The number of primary amides is 1. The number of hydrogen-bond acceptors (Lipinski definition) is 5. The lowest BCUT2D eigenvalue weighted by Gasteiger charge is -2.25. The van der Waals surface area contributed by atoms with Crippen LogP contribution in [0.3, 0.4) is 0 Å². The van der Waals surface area contributed by atoms with Crippen molar-refractivity contribution in [3.8, 4) is 0 Å². The van der Waals surface area contributed by atoms with E-state index in [-0.39, 0.29) is 12.5 Å². The summed E-state index contributed by atoms with van der Waals surface area (Å²) in [4.78, 5) is 17.8. The Labute approximate surface area is 123 Å². The molecule has 0 unspecified atom stereocenters. The number of oxazole rings is 1. The maximum absolute atomic E-state index is 11.3. The van der Waals surface area contributed by atoms with Crippen molar-refractivity contribution in [1.29, 1.82) is 0 Å². The summed E-state index contributed by atoms with van der Waals surface area (Å²) < 4.78 is 5.74. The first-order valence-corrected chi connectivity index (χ1v) is 7.30. The van der Waals surface area contributed by atoms with Crippen LogP contribution in [0.1, 0.15) is 31.6 Å². The number of anilines is 1. The van der Waals surface area contributed by atoms with E-state index in [1.165, 1.54) is 12.8 Å². The lowest BCUT2D eigenvalue weighted by Crippen LogP contribution is -2.39. The molecule has 6 heteroatoms. The SMILES string of the molecule is NC(=O)CN(Cc1nc2c(N)cccc2o1)C1CCCC1. The van der Waals surface area contributed by atoms with Crippen LogP contribution in [0, 0.1) is 0 Å². The van der Waals surface area contributed by atoms with Gasteiger partial charge in [-0.05, 0) is 25.0 Å². The van der Waals surface area contributed by atoms with E-state index in [4.69, 9.17) is 15.9 Å². The summed E-state index contributed by atoms with van der Waals surface area (Å²) in [6, 6.07) is 5.86. The average molecular weight is 288 g/mol. The van der Waals surface area contributed by atoms with Crippen LogP contribution >= 0.6 is 0 Å². The zero-order valence-electron chi connectivity index (χ0n) is 11.9. The predicted octanol–water partition coefficient (Wildman–Crippen LogP) is 1.64. The van der Waals surface area contributed by atoms with Gasteiger partial charge in [0.05, 0.1) is 18.8 Å². The summed E-state index contributed by atoms with van der Waals surface area (Å²) in [5.41, 5.74) is 13.2. The van der Waals surface area contributed by atoms with Gasteiger partial charge in [-0.25, -0.2) is 4.98 Å². The number of fused-ring (bicyclic) bond motifs is 1. The van der Waals surface area contributed by atoms with Crippen LogP contribution in [0.2, 0.25) is 0 Å². The molecule has 0 atom stereocenters. The molecule has 6 nitrogen and oxygen atoms in total. The number of hydrogen-bond donors (Lipinski definition) is 2. The van der Waals surface area contributed by atoms with Gasteiger partial charge < -0.3 is 15.9 Å². The number of nitrogen functional groups attached to an aromatic ring is 1. The van der Waals surface area contributed by atoms with Gasteiger partial charge in [0.1, 0.15) is 5.52 Å². The lowest BCUT2D eigenvalue weighted by atomic mass is 10.2. The minimum Gasteiger partial charge on any atom is -0.439 e. The molecule has 1 amide bonds. The summed E-state index contributed by atoms with van der Waals surface area (Å²) in [7, 11) is 0. The van der Waals surface area contributed by atoms with Crippen LogP contribution in [0.5, 0.6) is 0 Å². The normalized spacial score (nSPS) is 16.0. The van der Waals surface area contributed by atoms with E-state index in [2.05, 4.69) is 9.88 Å². The van der Waals surface area contributed by atoms with Crippen LogP contribution in [-0.2, 0) is 11.3 Å². The smallest absolute Gasteiger partial charge is 0.231 e. The summed E-state index contributed by atoms with van der Waals surface area (Å²) in [6.45, 7) is 0.723. The first kappa shape index (κ1) is 13.9. The van der Waals surface area contributed by atoms with Crippen LogP contribution in [0.25, 0.3) is 11.1 Å². The van der Waals surface area contributed by atoms with E-state index in [0.717, 1.165) is 12.8 Å². The topological polar surface area (TPSA) is 98.4 Å². The molecule has 0 radical (unpaired) electrons. The number of carbonyl (C=O) groups excluding carboxylic acids is 1. The molecule has 21 heavy (non-hydrogen) atoms. The van der Waals surface area contributed by atoms with Crippen molar-refractivity contribution in [1.82, 2.24) is 9.88 Å². The highest BCUT2D eigenvalue weighted by Crippen LogP contribution is 2.26. The van der Waals surface area contributed by atoms with E-state index in [0.29, 0.717) is 35.3 Å². The molecule has 0 aliphatic heterocycles. The van der Waals surface area contributed by atoms with Crippen molar-refractivity contribution in [3.63, 3.8) is 0 Å². The number of benzene rings is 1. The van der Waals surface area contributed by atoms with Crippen LogP contribution in [-0.4, -0.2) is 28.4 Å². The highest BCUT2D eigenvalue weighted by atomic mass is 16.3. The first-order valence-electron chi connectivity index (χ1n) is 7.30. The third kappa shape index (κ3) is 3.00. The van der Waals surface area contributed by atoms with E-state index in [1.54, 1.807) is 6.07 Å². The quantitative estimate of drug-likeness (QED) is 0.815. The molecule has 1 aliphatic carbocycles. The number of rotatable bonds is 5. The molecule has 0 spiro atoms. The standard InChI is InChI=1S/C15H20N4O2/c16-11-6-3-7-12-15(11)18-14(21-12)9-19(8-13(17)20)10-4-1-2-5-10/h3,6-7,10H,1-2,4-5,8-9,16H2,(H2,17,20). The molecule has 4 N–H and O–H groups in total. The Kier molecular flexibility index (Phi) is 3.79. The van der Waals surface area contributed by atoms with Gasteiger partial charge in [-0.15, -0.1) is 0 Å². The Bertz CT molecular complexity index is 646. The molecule has 112 valence electrons. The second-order valence-electron chi connectivity index (χ2n) is 5.61. The molecular weight excluding hydrogens is 268 g/mol. The minimum atomic E-state index is -0.322. The molecule has 0 saturated heterocycles. The first-order chi connectivity index (χ1) is 10.1. The number of nitrogens with zero attached hydrogens (tertiary/aromatic N) is 2. The Hall–Kier alpha value is -2.08. The zero-order valence-corrected chi connectivity index (χ0v) is 11.9. The largest absolute Gasteiger partial charge is 0.439 e. The molecule has 0 bridgehead atoms. The van der Waals surface area contributed by atoms with Gasteiger partial charge in [0.25, 0.3) is 0 Å². The maximum Gasteiger partial charge on any atom is 0.231 e. The summed E-state index contributed by atoms with van der Waals surface area (Å²) in [5.74, 6) is 0.258. The van der Waals surface area contributed by atoms with Crippen molar-refractivity contribution in [2.45, 2.75) is 38.3 Å². The van der Waals surface area contributed by atoms with Crippen molar-refractivity contribution < 1.29 is 9.21 Å².